The zero-order valence-corrected chi connectivity index (χ0v) is 11.4. The quantitative estimate of drug-likeness (QED) is 0.833. The summed E-state index contributed by atoms with van der Waals surface area (Å²) in [5.41, 5.74) is 0. The smallest absolute Gasteiger partial charge is 0.219 e. The summed E-state index contributed by atoms with van der Waals surface area (Å²) in [6.07, 6.45) is 4.54. The van der Waals surface area contributed by atoms with Crippen molar-refractivity contribution in [3.05, 3.63) is 10.6 Å². The molecule has 1 aliphatic carbocycles. The van der Waals surface area contributed by atoms with Gasteiger partial charge in [-0.25, -0.2) is 0 Å². The molecule has 2 fully saturated rings. The van der Waals surface area contributed by atoms with Crippen LogP contribution in [0.5, 0.6) is 0 Å². The van der Waals surface area contributed by atoms with Gasteiger partial charge in [-0.05, 0) is 37.9 Å². The molecule has 0 bridgehead atoms. The lowest BCUT2D eigenvalue weighted by Gasteiger charge is -2.31. The molecule has 0 spiro atoms. The van der Waals surface area contributed by atoms with E-state index in [1.807, 2.05) is 4.90 Å². The van der Waals surface area contributed by atoms with Crippen molar-refractivity contribution in [3.63, 3.8) is 0 Å². The van der Waals surface area contributed by atoms with Crippen LogP contribution < -0.4 is 0 Å². The average molecular weight is 266 g/mol. The van der Waals surface area contributed by atoms with Gasteiger partial charge in [0, 0.05) is 32.0 Å². The Kier molecular flexibility index (Phi) is 2.97. The fourth-order valence-corrected chi connectivity index (χ4v) is 3.05. The van der Waals surface area contributed by atoms with Gasteiger partial charge < -0.3 is 9.47 Å². The molecule has 0 unspecified atom stereocenters. The average Bonchev–Trinajstić information content (AvgIpc) is 3.12. The maximum atomic E-state index is 11.5. The first-order valence-corrected chi connectivity index (χ1v) is 7.00. The maximum absolute atomic E-state index is 11.5. The van der Waals surface area contributed by atoms with Crippen molar-refractivity contribution in [2.24, 2.45) is 0 Å². The van der Waals surface area contributed by atoms with Crippen molar-refractivity contribution in [3.8, 4) is 0 Å². The van der Waals surface area contributed by atoms with E-state index in [0.717, 1.165) is 36.5 Å². The minimum Gasteiger partial charge on any atom is -0.342 e. The molecule has 1 amide bonds. The number of carbonyl (C=O) groups excluding carboxylic acids is 1. The number of aromatic nitrogens is 3. The van der Waals surface area contributed by atoms with E-state index in [1.54, 1.807) is 6.92 Å². The number of rotatable bonds is 2. The normalized spacial score (nSPS) is 24.3. The Morgan fingerprint density at radius 3 is 2.89 bits per heavy atom. The fourth-order valence-electron chi connectivity index (χ4n) is 2.76. The Morgan fingerprint density at radius 2 is 2.22 bits per heavy atom. The molecule has 1 N–H and O–H groups in total. The maximum Gasteiger partial charge on any atom is 0.219 e. The molecule has 1 aromatic heterocycles. The van der Waals surface area contributed by atoms with Gasteiger partial charge in [0.1, 0.15) is 5.82 Å². The van der Waals surface area contributed by atoms with Gasteiger partial charge in [-0.15, -0.1) is 0 Å². The minimum absolute atomic E-state index is 0.159. The number of hydrogen-bond donors (Lipinski definition) is 1. The summed E-state index contributed by atoms with van der Waals surface area (Å²) >= 11 is 5.30. The van der Waals surface area contributed by atoms with Gasteiger partial charge in [0.15, 0.2) is 4.77 Å². The van der Waals surface area contributed by atoms with Gasteiger partial charge in [0.05, 0.1) is 0 Å². The second kappa shape index (κ2) is 4.50. The number of carbonyl (C=O) groups is 1. The first-order valence-electron chi connectivity index (χ1n) is 6.59. The summed E-state index contributed by atoms with van der Waals surface area (Å²) in [6.45, 7) is 3.29. The second-order valence-corrected chi connectivity index (χ2v) is 5.68. The third-order valence-electron chi connectivity index (χ3n) is 3.88. The zero-order chi connectivity index (χ0) is 12.7. The van der Waals surface area contributed by atoms with E-state index in [2.05, 4.69) is 14.8 Å². The molecule has 98 valence electrons. The molecule has 0 aromatic carbocycles. The molecule has 18 heavy (non-hydrogen) atoms. The Hall–Kier alpha value is -1.17. The summed E-state index contributed by atoms with van der Waals surface area (Å²) in [4.78, 5) is 13.4. The van der Waals surface area contributed by atoms with Crippen molar-refractivity contribution >= 4 is 18.1 Å². The molecular weight excluding hydrogens is 248 g/mol. The highest BCUT2D eigenvalue weighted by Gasteiger charge is 2.32. The minimum atomic E-state index is 0.159. The predicted octanol–water partition coefficient (Wildman–Crippen LogP) is 2.00. The number of amides is 1. The summed E-state index contributed by atoms with van der Waals surface area (Å²) in [7, 11) is 0. The molecule has 2 heterocycles. The van der Waals surface area contributed by atoms with E-state index in [9.17, 15) is 4.79 Å². The lowest BCUT2D eigenvalue weighted by Crippen LogP contribution is -2.38. The van der Waals surface area contributed by atoms with Gasteiger partial charge >= 0.3 is 0 Å². The Morgan fingerprint density at radius 1 is 1.44 bits per heavy atom. The Balaban J connectivity index is 1.86. The molecule has 0 radical (unpaired) electrons. The predicted molar refractivity (Wildman–Crippen MR) is 69.9 cm³/mol. The number of nitrogens with one attached hydrogen (secondary N) is 1. The molecule has 3 rings (SSSR count). The molecular formula is C12H18N4OS. The third kappa shape index (κ3) is 2.09. The first kappa shape index (κ1) is 11.9. The van der Waals surface area contributed by atoms with Crippen LogP contribution in [0.3, 0.4) is 0 Å². The van der Waals surface area contributed by atoms with Crippen molar-refractivity contribution in [1.82, 2.24) is 19.7 Å². The zero-order valence-electron chi connectivity index (χ0n) is 10.6. The number of likely N-dealkylation sites (tertiary alicyclic amines) is 1. The molecule has 1 aliphatic heterocycles. The van der Waals surface area contributed by atoms with Crippen LogP contribution in [0.2, 0.25) is 0 Å². The first-order chi connectivity index (χ1) is 8.66. The molecule has 1 aromatic rings. The van der Waals surface area contributed by atoms with Gasteiger partial charge in [-0.1, -0.05) is 0 Å². The summed E-state index contributed by atoms with van der Waals surface area (Å²) in [5.74, 6) is 1.54. The number of nitrogens with zero attached hydrogens (tertiary/aromatic N) is 3. The Labute approximate surface area is 111 Å². The number of piperidine rings is 1. The molecule has 1 saturated carbocycles. The highest BCUT2D eigenvalue weighted by atomic mass is 32.1. The van der Waals surface area contributed by atoms with Gasteiger partial charge in [-0.3, -0.25) is 9.89 Å². The summed E-state index contributed by atoms with van der Waals surface area (Å²) < 4.78 is 2.90. The SMILES string of the molecule is CC(=O)N1CCC[C@@H](c2n[nH]c(=S)n2C2CC2)C1. The topological polar surface area (TPSA) is 53.9 Å². The van der Waals surface area contributed by atoms with E-state index in [0.29, 0.717) is 12.0 Å². The van der Waals surface area contributed by atoms with Crippen LogP contribution in [0.25, 0.3) is 0 Å². The second-order valence-electron chi connectivity index (χ2n) is 5.29. The van der Waals surface area contributed by atoms with E-state index in [-0.39, 0.29) is 5.91 Å². The number of hydrogen-bond acceptors (Lipinski definition) is 3. The largest absolute Gasteiger partial charge is 0.342 e. The standard InChI is InChI=1S/C12H18N4OS/c1-8(17)15-6-2-3-9(7-15)11-13-14-12(18)16(11)10-4-5-10/h9-10H,2-7H2,1H3,(H,14,18)/t9-/m1/s1. The molecule has 1 saturated heterocycles. The summed E-state index contributed by atoms with van der Waals surface area (Å²) in [5, 5.41) is 7.31. The fraction of sp³-hybridized carbons (Fsp3) is 0.750. The highest BCUT2D eigenvalue weighted by molar-refractivity contribution is 7.71. The third-order valence-corrected chi connectivity index (χ3v) is 4.16. The van der Waals surface area contributed by atoms with E-state index in [4.69, 9.17) is 12.2 Å². The van der Waals surface area contributed by atoms with Crippen LogP contribution in [-0.2, 0) is 4.79 Å². The van der Waals surface area contributed by atoms with Crippen LogP contribution >= 0.6 is 12.2 Å². The van der Waals surface area contributed by atoms with Crippen molar-refractivity contribution in [1.29, 1.82) is 0 Å². The van der Waals surface area contributed by atoms with E-state index >= 15 is 0 Å². The number of aromatic amines is 1. The highest BCUT2D eigenvalue weighted by Crippen LogP contribution is 2.38. The van der Waals surface area contributed by atoms with Gasteiger partial charge in [0.25, 0.3) is 0 Å². The van der Waals surface area contributed by atoms with Crippen LogP contribution in [0.15, 0.2) is 0 Å². The number of H-pyrrole nitrogens is 1. The molecule has 5 nitrogen and oxygen atoms in total. The van der Waals surface area contributed by atoms with Gasteiger partial charge in [-0.2, -0.15) is 5.10 Å². The van der Waals surface area contributed by atoms with Crippen molar-refractivity contribution in [2.75, 3.05) is 13.1 Å². The molecule has 1 atom stereocenters. The van der Waals surface area contributed by atoms with Crippen molar-refractivity contribution in [2.45, 2.75) is 44.6 Å². The molecule has 2 aliphatic rings. The molecule has 6 heteroatoms. The van der Waals surface area contributed by atoms with E-state index < -0.39 is 0 Å². The van der Waals surface area contributed by atoms with Crippen LogP contribution in [-0.4, -0.2) is 38.7 Å². The van der Waals surface area contributed by atoms with Crippen molar-refractivity contribution < 1.29 is 4.79 Å². The lowest BCUT2D eigenvalue weighted by molar-refractivity contribution is -0.130. The van der Waals surface area contributed by atoms with Crippen LogP contribution in [0.4, 0.5) is 0 Å². The Bertz CT molecular complexity index is 516. The lowest BCUT2D eigenvalue weighted by atomic mass is 9.97. The summed E-state index contributed by atoms with van der Waals surface area (Å²) in [6, 6.07) is 0.541. The monoisotopic (exact) mass is 266 g/mol. The van der Waals surface area contributed by atoms with Gasteiger partial charge in [0.2, 0.25) is 5.91 Å². The van der Waals surface area contributed by atoms with E-state index in [1.165, 1.54) is 12.8 Å². The van der Waals surface area contributed by atoms with Crippen LogP contribution in [0.1, 0.15) is 50.4 Å². The van der Waals surface area contributed by atoms with Crippen LogP contribution in [0, 0.1) is 4.77 Å².